The summed E-state index contributed by atoms with van der Waals surface area (Å²) in [5.41, 5.74) is 1.85. The molecule has 1 aromatic heterocycles. The fourth-order valence-corrected chi connectivity index (χ4v) is 6.26. The van der Waals surface area contributed by atoms with E-state index in [2.05, 4.69) is 32.7 Å². The lowest BCUT2D eigenvalue weighted by Crippen LogP contribution is -2.64. The maximum absolute atomic E-state index is 14.0. The first-order chi connectivity index (χ1) is 18.3. The Morgan fingerprint density at radius 2 is 1.87 bits per heavy atom. The minimum absolute atomic E-state index is 0.0245. The monoisotopic (exact) mass is 529 g/mol. The number of benzene rings is 1. The van der Waals surface area contributed by atoms with Crippen molar-refractivity contribution in [1.29, 1.82) is 0 Å². The summed E-state index contributed by atoms with van der Waals surface area (Å²) in [6.07, 6.45) is 0.677. The zero-order valence-electron chi connectivity index (χ0n) is 21.4. The second-order valence-electron chi connectivity index (χ2n) is 11.0. The first-order valence-electron chi connectivity index (χ1n) is 13.7. The number of rotatable bonds is 4. The van der Waals surface area contributed by atoms with E-state index >= 15 is 0 Å². The molecule has 38 heavy (non-hydrogen) atoms. The Morgan fingerprint density at radius 1 is 1.11 bits per heavy atom. The molecule has 0 radical (unpaired) electrons. The molecule has 2 N–H and O–H groups in total. The number of nitrogens with zero attached hydrogens (tertiary/aromatic N) is 3. The molecule has 1 saturated heterocycles. The van der Waals surface area contributed by atoms with Crippen molar-refractivity contribution in [3.05, 3.63) is 42.1 Å². The highest BCUT2D eigenvalue weighted by atomic mass is 19.4. The van der Waals surface area contributed by atoms with E-state index in [4.69, 9.17) is 4.74 Å². The molecule has 0 unspecified atom stereocenters. The molecule has 2 aliphatic carbocycles. The van der Waals surface area contributed by atoms with Crippen LogP contribution in [0.15, 0.2) is 36.5 Å². The summed E-state index contributed by atoms with van der Waals surface area (Å²) < 4.78 is 46.6. The van der Waals surface area contributed by atoms with Crippen molar-refractivity contribution in [2.75, 3.05) is 41.4 Å². The van der Waals surface area contributed by atoms with E-state index in [1.54, 1.807) is 6.20 Å². The molecule has 3 heterocycles. The molecule has 4 aliphatic rings. The van der Waals surface area contributed by atoms with Crippen molar-refractivity contribution in [2.45, 2.75) is 69.2 Å². The second kappa shape index (κ2) is 10.0. The standard InChI is InChI=1S/C28H34F3N5O2/c29-28(30,31)27(10-2-11-27)34-21-6-4-19(5-7-21)26(37)36-18-20-3-1-12-32-25(20)33-23-9-8-22(17-24(23)36)35-13-15-38-16-14-35/h1,3,8-9,12,17,19,21,34H,2,4-7,10-11,13-16,18H2,(H,32,33). The van der Waals surface area contributed by atoms with E-state index in [9.17, 15) is 18.0 Å². The van der Waals surface area contributed by atoms with E-state index in [1.807, 2.05) is 23.1 Å². The van der Waals surface area contributed by atoms with E-state index in [-0.39, 0.29) is 30.7 Å². The highest BCUT2D eigenvalue weighted by Gasteiger charge is 2.58. The smallest absolute Gasteiger partial charge is 0.378 e. The number of anilines is 4. The second-order valence-corrected chi connectivity index (χ2v) is 11.0. The van der Waals surface area contributed by atoms with Crippen molar-refractivity contribution in [2.24, 2.45) is 5.92 Å². The van der Waals surface area contributed by atoms with Gasteiger partial charge < -0.3 is 25.2 Å². The van der Waals surface area contributed by atoms with Gasteiger partial charge in [0.05, 0.1) is 31.1 Å². The quantitative estimate of drug-likeness (QED) is 0.572. The molecule has 2 saturated carbocycles. The number of pyridine rings is 1. The topological polar surface area (TPSA) is 69.7 Å². The van der Waals surface area contributed by atoms with Gasteiger partial charge in [-0.15, -0.1) is 0 Å². The van der Waals surface area contributed by atoms with Crippen molar-refractivity contribution in [3.63, 3.8) is 0 Å². The fourth-order valence-electron chi connectivity index (χ4n) is 6.26. The van der Waals surface area contributed by atoms with Crippen LogP contribution >= 0.6 is 0 Å². The summed E-state index contributed by atoms with van der Waals surface area (Å²) in [6.45, 7) is 3.31. The molecule has 10 heteroatoms. The SMILES string of the molecule is O=C(C1CCC(NC2(C(F)(F)F)CCC2)CC1)N1Cc2cccnc2Nc2ccc(N3CCOCC3)cc21. The van der Waals surface area contributed by atoms with Crippen molar-refractivity contribution in [1.82, 2.24) is 10.3 Å². The lowest BCUT2D eigenvalue weighted by molar-refractivity contribution is -0.222. The molecule has 6 rings (SSSR count). The molecule has 2 aliphatic heterocycles. The summed E-state index contributed by atoms with van der Waals surface area (Å²) in [7, 11) is 0. The summed E-state index contributed by atoms with van der Waals surface area (Å²) in [6, 6.07) is 9.75. The molecular formula is C28H34F3N5O2. The van der Waals surface area contributed by atoms with E-state index in [1.165, 1.54) is 0 Å². The van der Waals surface area contributed by atoms with Gasteiger partial charge in [-0.1, -0.05) is 6.07 Å². The Hall–Kier alpha value is -2.85. The lowest BCUT2D eigenvalue weighted by Gasteiger charge is -2.47. The van der Waals surface area contributed by atoms with Gasteiger partial charge >= 0.3 is 6.18 Å². The lowest BCUT2D eigenvalue weighted by atomic mass is 9.74. The fraction of sp³-hybridized carbons (Fsp3) is 0.571. The third-order valence-electron chi connectivity index (χ3n) is 8.69. The number of amides is 1. The van der Waals surface area contributed by atoms with Crippen LogP contribution in [0.3, 0.4) is 0 Å². The van der Waals surface area contributed by atoms with Crippen LogP contribution in [0.5, 0.6) is 0 Å². The van der Waals surface area contributed by atoms with Gasteiger partial charge in [0, 0.05) is 42.5 Å². The van der Waals surface area contributed by atoms with Gasteiger partial charge in [0.15, 0.2) is 0 Å². The number of aromatic nitrogens is 1. The largest absolute Gasteiger partial charge is 0.406 e. The number of alkyl halides is 3. The molecule has 3 fully saturated rings. The molecule has 0 bridgehead atoms. The molecule has 1 amide bonds. The number of hydrogen-bond acceptors (Lipinski definition) is 6. The van der Waals surface area contributed by atoms with Gasteiger partial charge in [0.2, 0.25) is 5.91 Å². The minimum atomic E-state index is -4.24. The number of fused-ring (bicyclic) bond motifs is 2. The number of morpholine rings is 1. The highest BCUT2D eigenvalue weighted by Crippen LogP contribution is 2.46. The Morgan fingerprint density at radius 3 is 2.55 bits per heavy atom. The third-order valence-corrected chi connectivity index (χ3v) is 8.69. The van der Waals surface area contributed by atoms with Gasteiger partial charge in [-0.3, -0.25) is 4.79 Å². The number of halogens is 3. The van der Waals surface area contributed by atoms with Crippen molar-refractivity contribution >= 4 is 28.8 Å². The van der Waals surface area contributed by atoms with Crippen LogP contribution in [-0.2, 0) is 16.1 Å². The normalized spacial score (nSPS) is 24.9. The van der Waals surface area contributed by atoms with E-state index in [0.29, 0.717) is 51.9 Å². The first-order valence-corrected chi connectivity index (χ1v) is 13.7. The highest BCUT2D eigenvalue weighted by molar-refractivity contribution is 6.00. The average molecular weight is 530 g/mol. The van der Waals surface area contributed by atoms with Crippen LogP contribution in [0.1, 0.15) is 50.5 Å². The molecular weight excluding hydrogens is 495 g/mol. The van der Waals surface area contributed by atoms with Crippen LogP contribution in [-0.4, -0.2) is 55.0 Å². The Labute approximate surface area is 220 Å². The maximum Gasteiger partial charge on any atom is 0.406 e. The molecule has 0 spiro atoms. The van der Waals surface area contributed by atoms with Crippen LogP contribution in [0, 0.1) is 5.92 Å². The van der Waals surface area contributed by atoms with Gasteiger partial charge in [-0.25, -0.2) is 4.98 Å². The van der Waals surface area contributed by atoms with Crippen molar-refractivity contribution in [3.8, 4) is 0 Å². The Balaban J connectivity index is 1.22. The number of nitrogens with one attached hydrogen (secondary N) is 2. The van der Waals surface area contributed by atoms with Crippen LogP contribution in [0.4, 0.5) is 36.1 Å². The summed E-state index contributed by atoms with van der Waals surface area (Å²) in [5, 5.41) is 6.36. The molecule has 0 atom stereocenters. The van der Waals surface area contributed by atoms with Gasteiger partial charge in [0.1, 0.15) is 11.4 Å². The first kappa shape index (κ1) is 25.4. The van der Waals surface area contributed by atoms with E-state index < -0.39 is 11.7 Å². The summed E-state index contributed by atoms with van der Waals surface area (Å²) >= 11 is 0. The van der Waals surface area contributed by atoms with Gasteiger partial charge in [-0.05, 0) is 69.2 Å². The maximum atomic E-state index is 14.0. The Bertz CT molecular complexity index is 1170. The van der Waals surface area contributed by atoms with Crippen LogP contribution in [0.25, 0.3) is 0 Å². The van der Waals surface area contributed by atoms with E-state index in [0.717, 1.165) is 41.5 Å². The predicted molar refractivity (Wildman–Crippen MR) is 140 cm³/mol. The molecule has 1 aromatic carbocycles. The van der Waals surface area contributed by atoms with Gasteiger partial charge in [-0.2, -0.15) is 13.2 Å². The zero-order valence-corrected chi connectivity index (χ0v) is 21.4. The zero-order chi connectivity index (χ0) is 26.3. The van der Waals surface area contributed by atoms with Crippen LogP contribution < -0.4 is 20.4 Å². The number of carbonyl (C=O) groups excluding carboxylic acids is 1. The average Bonchev–Trinajstić information content (AvgIpc) is 3.07. The van der Waals surface area contributed by atoms with Gasteiger partial charge in [0.25, 0.3) is 0 Å². The van der Waals surface area contributed by atoms with Crippen LogP contribution in [0.2, 0.25) is 0 Å². The number of carbonyl (C=O) groups is 1. The molecule has 7 nitrogen and oxygen atoms in total. The van der Waals surface area contributed by atoms with Crippen molar-refractivity contribution < 1.29 is 22.7 Å². The molecule has 204 valence electrons. The third kappa shape index (κ3) is 4.73. The number of hydrogen-bond donors (Lipinski definition) is 2. The summed E-state index contributed by atoms with van der Waals surface area (Å²) in [5.74, 6) is 0.528. The Kier molecular flexibility index (Phi) is 6.72. The number of ether oxygens (including phenoxy) is 1. The summed E-state index contributed by atoms with van der Waals surface area (Å²) in [4.78, 5) is 22.6. The minimum Gasteiger partial charge on any atom is -0.378 e. The predicted octanol–water partition coefficient (Wildman–Crippen LogP) is 5.14. The molecule has 2 aromatic rings.